The molecule has 0 radical (unpaired) electrons. The minimum Gasteiger partial charge on any atom is -0.437 e. The Labute approximate surface area is 165 Å². The van der Waals surface area contributed by atoms with Gasteiger partial charge in [-0.15, -0.1) is 0 Å². The van der Waals surface area contributed by atoms with E-state index >= 15 is 0 Å². The molecule has 1 aromatic heterocycles. The van der Waals surface area contributed by atoms with Gasteiger partial charge in [-0.25, -0.2) is 4.98 Å². The smallest absolute Gasteiger partial charge is 0.417 e. The fourth-order valence-electron chi connectivity index (χ4n) is 2.13. The van der Waals surface area contributed by atoms with Gasteiger partial charge in [-0.3, -0.25) is 0 Å². The molecular formula is C17H11BrClF3N4O. The van der Waals surface area contributed by atoms with Gasteiger partial charge in [0.05, 0.1) is 10.6 Å². The van der Waals surface area contributed by atoms with E-state index in [0.717, 1.165) is 16.6 Å². The van der Waals surface area contributed by atoms with Crippen molar-refractivity contribution in [3.05, 3.63) is 63.9 Å². The second-order valence-electron chi connectivity index (χ2n) is 5.31. The van der Waals surface area contributed by atoms with Gasteiger partial charge in [0.1, 0.15) is 17.8 Å². The molecule has 10 heteroatoms. The topological polar surface area (TPSA) is 73.1 Å². The minimum absolute atomic E-state index is 0.0453. The highest BCUT2D eigenvalue weighted by molar-refractivity contribution is 9.10. The van der Waals surface area contributed by atoms with Gasteiger partial charge >= 0.3 is 6.18 Å². The Morgan fingerprint density at radius 1 is 1.07 bits per heavy atom. The molecule has 0 unspecified atom stereocenters. The summed E-state index contributed by atoms with van der Waals surface area (Å²) in [7, 11) is 0. The largest absolute Gasteiger partial charge is 0.437 e. The van der Waals surface area contributed by atoms with E-state index in [1.165, 1.54) is 12.4 Å². The summed E-state index contributed by atoms with van der Waals surface area (Å²) < 4.78 is 45.5. The van der Waals surface area contributed by atoms with Gasteiger partial charge in [-0.2, -0.15) is 18.2 Å². The van der Waals surface area contributed by atoms with Crippen LogP contribution in [0.5, 0.6) is 11.6 Å². The maximum absolute atomic E-state index is 13.0. The Morgan fingerprint density at radius 2 is 1.78 bits per heavy atom. The molecule has 3 N–H and O–H groups in total. The maximum Gasteiger partial charge on any atom is 0.417 e. The molecule has 0 amide bonds. The van der Waals surface area contributed by atoms with Crippen molar-refractivity contribution < 1.29 is 17.9 Å². The molecule has 0 saturated carbocycles. The summed E-state index contributed by atoms with van der Waals surface area (Å²) in [5, 5.41) is 2.32. The first-order valence-electron chi connectivity index (χ1n) is 7.41. The van der Waals surface area contributed by atoms with Crippen LogP contribution < -0.4 is 15.8 Å². The van der Waals surface area contributed by atoms with Crippen molar-refractivity contribution in [3.8, 4) is 11.6 Å². The highest BCUT2D eigenvalue weighted by Gasteiger charge is 2.33. The van der Waals surface area contributed by atoms with Gasteiger partial charge in [0.25, 0.3) is 0 Å². The average molecular weight is 460 g/mol. The van der Waals surface area contributed by atoms with Crippen LogP contribution in [-0.2, 0) is 6.18 Å². The van der Waals surface area contributed by atoms with Crippen LogP contribution >= 0.6 is 27.5 Å². The standard InChI is InChI=1S/C17H11BrClF3N4O/c18-9-1-4-11(5-2-9)27-16-14(23)15(24-8-25-16)26-10-3-6-13(19)12(7-10)17(20,21)22/h1-8H,23H2,(H,24,25,26). The van der Waals surface area contributed by atoms with E-state index in [1.807, 2.05) is 0 Å². The van der Waals surface area contributed by atoms with Crippen LogP contribution in [0.15, 0.2) is 53.3 Å². The van der Waals surface area contributed by atoms with Crippen LogP contribution in [0.25, 0.3) is 0 Å². The first kappa shape index (κ1) is 19.2. The fraction of sp³-hybridized carbons (Fsp3) is 0.0588. The molecule has 0 fully saturated rings. The van der Waals surface area contributed by atoms with Crippen LogP contribution in [0.1, 0.15) is 5.56 Å². The highest BCUT2D eigenvalue weighted by atomic mass is 79.9. The third kappa shape index (κ3) is 4.61. The molecule has 0 atom stereocenters. The van der Waals surface area contributed by atoms with Gasteiger partial charge in [0.15, 0.2) is 5.82 Å². The summed E-state index contributed by atoms with van der Waals surface area (Å²) in [6.45, 7) is 0. The zero-order valence-electron chi connectivity index (χ0n) is 13.4. The lowest BCUT2D eigenvalue weighted by Gasteiger charge is -2.14. The summed E-state index contributed by atoms with van der Waals surface area (Å²) in [5.74, 6) is 0.660. The van der Waals surface area contributed by atoms with Gasteiger partial charge in [0, 0.05) is 10.2 Å². The van der Waals surface area contributed by atoms with Crippen molar-refractivity contribution in [2.24, 2.45) is 0 Å². The van der Waals surface area contributed by atoms with E-state index in [1.54, 1.807) is 24.3 Å². The molecule has 0 aliphatic heterocycles. The molecule has 3 aromatic rings. The van der Waals surface area contributed by atoms with Gasteiger partial charge < -0.3 is 15.8 Å². The zero-order valence-corrected chi connectivity index (χ0v) is 15.7. The van der Waals surface area contributed by atoms with E-state index in [4.69, 9.17) is 22.1 Å². The molecule has 2 aromatic carbocycles. The number of anilines is 3. The van der Waals surface area contributed by atoms with E-state index in [0.29, 0.717) is 5.75 Å². The summed E-state index contributed by atoms with van der Waals surface area (Å²) >= 11 is 8.93. The van der Waals surface area contributed by atoms with Gasteiger partial charge in [-0.1, -0.05) is 27.5 Å². The second-order valence-corrected chi connectivity index (χ2v) is 6.64. The van der Waals surface area contributed by atoms with Crippen LogP contribution in [0.3, 0.4) is 0 Å². The summed E-state index contributed by atoms with van der Waals surface area (Å²) in [6.07, 6.45) is -3.39. The first-order valence-corrected chi connectivity index (χ1v) is 8.59. The number of hydrogen-bond donors (Lipinski definition) is 2. The molecule has 0 bridgehead atoms. The van der Waals surface area contributed by atoms with Crippen LogP contribution in [0.4, 0.5) is 30.4 Å². The molecule has 140 valence electrons. The lowest BCUT2D eigenvalue weighted by atomic mass is 10.2. The Morgan fingerprint density at radius 3 is 2.44 bits per heavy atom. The third-order valence-corrected chi connectivity index (χ3v) is 4.27. The third-order valence-electron chi connectivity index (χ3n) is 3.41. The van der Waals surface area contributed by atoms with E-state index < -0.39 is 16.8 Å². The average Bonchev–Trinajstić information content (AvgIpc) is 2.61. The van der Waals surface area contributed by atoms with Crippen molar-refractivity contribution in [1.29, 1.82) is 0 Å². The number of nitrogens with zero attached hydrogens (tertiary/aromatic N) is 2. The normalized spacial score (nSPS) is 11.3. The number of benzene rings is 2. The Hall–Kier alpha value is -2.52. The van der Waals surface area contributed by atoms with Crippen molar-refractivity contribution in [2.75, 3.05) is 11.1 Å². The number of nitrogens with two attached hydrogens (primary N) is 1. The molecule has 0 spiro atoms. The molecule has 0 aliphatic rings. The molecule has 3 rings (SSSR count). The first-order chi connectivity index (χ1) is 12.7. The number of ether oxygens (including phenoxy) is 1. The zero-order chi connectivity index (χ0) is 19.6. The van der Waals surface area contributed by atoms with Crippen molar-refractivity contribution in [3.63, 3.8) is 0 Å². The number of aromatic nitrogens is 2. The van der Waals surface area contributed by atoms with Gasteiger partial charge in [0.2, 0.25) is 5.88 Å². The highest BCUT2D eigenvalue weighted by Crippen LogP contribution is 2.37. The predicted molar refractivity (Wildman–Crippen MR) is 100 cm³/mol. The fourth-order valence-corrected chi connectivity index (χ4v) is 2.62. The molecule has 27 heavy (non-hydrogen) atoms. The summed E-state index contributed by atoms with van der Waals surface area (Å²) in [6, 6.07) is 10.4. The van der Waals surface area contributed by atoms with Crippen molar-refractivity contribution in [2.45, 2.75) is 6.18 Å². The Bertz CT molecular complexity index is 967. The maximum atomic E-state index is 13.0. The number of nitrogens with one attached hydrogen (secondary N) is 1. The van der Waals surface area contributed by atoms with E-state index in [2.05, 4.69) is 31.2 Å². The Balaban J connectivity index is 1.87. The van der Waals surface area contributed by atoms with Crippen LogP contribution in [0.2, 0.25) is 5.02 Å². The van der Waals surface area contributed by atoms with E-state index in [9.17, 15) is 13.2 Å². The molecule has 0 aliphatic carbocycles. The number of alkyl halides is 3. The molecule has 1 heterocycles. The quantitative estimate of drug-likeness (QED) is 0.498. The summed E-state index contributed by atoms with van der Waals surface area (Å²) in [5.41, 5.74) is 5.19. The Kier molecular flexibility index (Phi) is 5.43. The van der Waals surface area contributed by atoms with Crippen LogP contribution in [0, 0.1) is 0 Å². The number of nitrogen functional groups attached to an aromatic ring is 1. The lowest BCUT2D eigenvalue weighted by Crippen LogP contribution is -2.07. The number of hydrogen-bond acceptors (Lipinski definition) is 5. The predicted octanol–water partition coefficient (Wildman–Crippen LogP) is 6.03. The van der Waals surface area contributed by atoms with Crippen molar-refractivity contribution in [1.82, 2.24) is 9.97 Å². The molecule has 5 nitrogen and oxygen atoms in total. The lowest BCUT2D eigenvalue weighted by molar-refractivity contribution is -0.137. The van der Waals surface area contributed by atoms with Crippen LogP contribution in [-0.4, -0.2) is 9.97 Å². The molecular weight excluding hydrogens is 449 g/mol. The SMILES string of the molecule is Nc1c(Nc2ccc(Cl)c(C(F)(F)F)c2)ncnc1Oc1ccc(Br)cc1. The number of halogens is 5. The second kappa shape index (κ2) is 7.61. The van der Waals surface area contributed by atoms with Gasteiger partial charge in [-0.05, 0) is 42.5 Å². The minimum atomic E-state index is -4.58. The number of rotatable bonds is 4. The molecule has 0 saturated heterocycles. The monoisotopic (exact) mass is 458 g/mol. The van der Waals surface area contributed by atoms with E-state index in [-0.39, 0.29) is 23.1 Å². The summed E-state index contributed by atoms with van der Waals surface area (Å²) in [4.78, 5) is 7.91. The van der Waals surface area contributed by atoms with Crippen molar-refractivity contribution >= 4 is 44.7 Å².